The van der Waals surface area contributed by atoms with E-state index in [0.717, 1.165) is 0 Å². The van der Waals surface area contributed by atoms with E-state index >= 15 is 0 Å². The average molecular weight is 299 g/mol. The summed E-state index contributed by atoms with van der Waals surface area (Å²) in [5.74, 6) is 0. The Balaban J connectivity index is -0.000000720. The Morgan fingerprint density at radius 2 is 1.33 bits per heavy atom. The Morgan fingerprint density at radius 1 is 1.07 bits per heavy atom. The fourth-order valence-electron chi connectivity index (χ4n) is 1.68. The van der Waals surface area contributed by atoms with E-state index in [-0.39, 0.29) is 34.2 Å². The molecule has 0 aliphatic heterocycles. The van der Waals surface area contributed by atoms with Crippen LogP contribution in [-0.2, 0) is 27.6 Å². The van der Waals surface area contributed by atoms with Crippen LogP contribution in [0.15, 0.2) is 0 Å². The van der Waals surface area contributed by atoms with Crippen LogP contribution < -0.4 is 0 Å². The monoisotopic (exact) mass is 298 g/mol. The molecule has 0 fully saturated rings. The summed E-state index contributed by atoms with van der Waals surface area (Å²) in [6.07, 6.45) is 0. The first-order valence-electron chi connectivity index (χ1n) is 4.49. The van der Waals surface area contributed by atoms with E-state index in [1.54, 1.807) is 0 Å². The van der Waals surface area contributed by atoms with Crippen molar-refractivity contribution >= 4 is 19.0 Å². The van der Waals surface area contributed by atoms with Gasteiger partial charge >= 0.3 is 0 Å². The van der Waals surface area contributed by atoms with Gasteiger partial charge in [0.2, 0.25) is 0 Å². The summed E-state index contributed by atoms with van der Waals surface area (Å²) < 4.78 is 19.8. The van der Waals surface area contributed by atoms with E-state index in [2.05, 4.69) is 41.5 Å². The molecule has 0 radical (unpaired) electrons. The first kappa shape index (κ1) is 21.3. The van der Waals surface area contributed by atoms with E-state index in [1.165, 1.54) is 0 Å². The van der Waals surface area contributed by atoms with Crippen molar-refractivity contribution in [1.82, 2.24) is 0 Å². The minimum Gasteiger partial charge on any atom is -0.358 e. The summed E-state index contributed by atoms with van der Waals surface area (Å²) in [5, 5.41) is 0.364. The molecule has 0 aliphatic carbocycles. The Hall–Kier alpha value is 1.03. The van der Waals surface area contributed by atoms with Crippen molar-refractivity contribution in [3.05, 3.63) is 7.43 Å². The Bertz CT molecular complexity index is 183. The average Bonchev–Trinajstić information content (AvgIpc) is 1.77. The van der Waals surface area contributed by atoms with E-state index in [4.69, 9.17) is 4.55 Å². The minimum atomic E-state index is -1.64. The van der Waals surface area contributed by atoms with Crippen LogP contribution in [0.1, 0.15) is 41.5 Å². The fraction of sp³-hybridized carbons (Fsp3) is 0.900. The third-order valence-corrected chi connectivity index (χ3v) is 7.84. The van der Waals surface area contributed by atoms with E-state index in [9.17, 15) is 4.21 Å². The zero-order valence-corrected chi connectivity index (χ0v) is 13.6. The van der Waals surface area contributed by atoms with Crippen molar-refractivity contribution in [3.63, 3.8) is 0 Å². The molecule has 1 atom stereocenters. The van der Waals surface area contributed by atoms with Gasteiger partial charge in [0.25, 0.3) is 0 Å². The van der Waals surface area contributed by atoms with E-state index in [1.807, 2.05) is 0 Å². The van der Waals surface area contributed by atoms with Gasteiger partial charge in [-0.2, -0.15) is 0 Å². The molecule has 0 saturated carbocycles. The van der Waals surface area contributed by atoms with E-state index < -0.39 is 19.0 Å². The normalized spacial score (nSPS) is 14.1. The number of rotatable bonds is 2. The maximum absolute atomic E-state index is 10.8. The first-order valence-corrected chi connectivity index (χ1v) is 7.47. The van der Waals surface area contributed by atoms with Gasteiger partial charge in [0, 0.05) is 24.4 Å². The molecule has 0 spiro atoms. The molecule has 1 unspecified atom stereocenters. The van der Waals surface area contributed by atoms with Crippen LogP contribution in [0.5, 0.6) is 0 Å². The first-order chi connectivity index (χ1) is 5.55. The smallest absolute Gasteiger partial charge is 0.191 e. The van der Waals surface area contributed by atoms with Crippen LogP contribution in [0.3, 0.4) is 0 Å². The topological polar surface area (TPSA) is 37.3 Å². The van der Waals surface area contributed by atoms with Crippen LogP contribution in [0.25, 0.3) is 0 Å². The molecule has 98 valence electrons. The summed E-state index contributed by atoms with van der Waals surface area (Å²) in [6, 6.07) is 0. The summed E-state index contributed by atoms with van der Waals surface area (Å²) in [4.78, 5) is 0. The summed E-state index contributed by atoms with van der Waals surface area (Å²) in [7, 11) is -0.825. The minimum absolute atomic E-state index is 0. The second-order valence-electron chi connectivity index (χ2n) is 5.44. The molecule has 0 aliphatic rings. The third-order valence-electron chi connectivity index (χ3n) is 2.08. The molecular formula is C10H25NiO2PS. The quantitative estimate of drug-likeness (QED) is 0.367. The second kappa shape index (κ2) is 7.38. The zero-order valence-electron chi connectivity index (χ0n) is 10.8. The maximum atomic E-state index is 10.8. The van der Waals surface area contributed by atoms with Gasteiger partial charge in [0.05, 0.1) is 10.3 Å². The molecule has 0 aromatic heterocycles. The third kappa shape index (κ3) is 8.80. The van der Waals surface area contributed by atoms with Crippen LogP contribution in [-0.4, -0.2) is 24.6 Å². The molecule has 0 aromatic rings. The molecule has 2 nitrogen and oxygen atoms in total. The molecule has 1 N–H and O–H groups in total. The fourth-order valence-corrected chi connectivity index (χ4v) is 8.38. The summed E-state index contributed by atoms with van der Waals surface area (Å²) in [6.45, 7) is 13.0. The molecule has 0 saturated heterocycles. The van der Waals surface area contributed by atoms with Crippen LogP contribution in [0.2, 0.25) is 0 Å². The maximum Gasteiger partial charge on any atom is 0.191 e. The van der Waals surface area contributed by atoms with Crippen LogP contribution >= 0.6 is 7.92 Å². The van der Waals surface area contributed by atoms with Crippen molar-refractivity contribution in [2.45, 2.75) is 51.9 Å². The number of hydrogen-bond donors (Lipinski definition) is 1. The standard InChI is InChI=1S/C9H21O2PS.CH3.Ni/c1-8(2,3)12(7-13(10)11)9(4,5)6;;/h7H2,1-6H3,(H,10,11);1H3;/q;-1;/p+1. The van der Waals surface area contributed by atoms with E-state index in [0.29, 0.717) is 5.49 Å². The van der Waals surface area contributed by atoms with Crippen molar-refractivity contribution in [1.29, 1.82) is 0 Å². The molecule has 0 heterocycles. The Labute approximate surface area is 109 Å². The van der Waals surface area contributed by atoms with Gasteiger partial charge < -0.3 is 12.0 Å². The molecule has 0 bridgehead atoms. The summed E-state index contributed by atoms with van der Waals surface area (Å²) >= 11 is -1.64. The molecule has 0 amide bonds. The molecule has 5 heteroatoms. The van der Waals surface area contributed by atoms with Crippen molar-refractivity contribution in [2.75, 3.05) is 5.49 Å². The molecule has 0 aromatic carbocycles. The van der Waals surface area contributed by atoms with Crippen molar-refractivity contribution < 1.29 is 25.3 Å². The van der Waals surface area contributed by atoms with Gasteiger partial charge in [0.15, 0.2) is 16.6 Å². The van der Waals surface area contributed by atoms with Crippen LogP contribution in [0, 0.1) is 7.43 Å². The van der Waals surface area contributed by atoms with Gasteiger partial charge in [-0.05, 0) is 41.5 Å². The van der Waals surface area contributed by atoms with Gasteiger partial charge in [0.1, 0.15) is 0 Å². The van der Waals surface area contributed by atoms with Crippen LogP contribution in [0.4, 0.5) is 0 Å². The van der Waals surface area contributed by atoms with Gasteiger partial charge in [-0.25, -0.2) is 4.21 Å². The van der Waals surface area contributed by atoms with Crippen molar-refractivity contribution in [3.8, 4) is 0 Å². The largest absolute Gasteiger partial charge is 0.358 e. The van der Waals surface area contributed by atoms with Gasteiger partial charge in [-0.1, -0.05) is 0 Å². The number of hydrogen-bond acceptors (Lipinski definition) is 1. The zero-order chi connectivity index (χ0) is 10.9. The van der Waals surface area contributed by atoms with Crippen molar-refractivity contribution in [2.24, 2.45) is 0 Å². The SMILES string of the molecule is CC(C)(C)[PH+](CS(=O)O)C(C)(C)C.[CH3-].[Ni]. The Kier molecular flexibility index (Phi) is 10.5. The molecule has 15 heavy (non-hydrogen) atoms. The molecule has 0 rings (SSSR count). The van der Waals surface area contributed by atoms with Gasteiger partial charge in [-0.3, -0.25) is 0 Å². The summed E-state index contributed by atoms with van der Waals surface area (Å²) in [5.41, 5.74) is 0.470. The second-order valence-corrected chi connectivity index (χ2v) is 11.2. The molecular weight excluding hydrogens is 274 g/mol. The van der Waals surface area contributed by atoms with Gasteiger partial charge in [-0.15, -0.1) is 0 Å². The Morgan fingerprint density at radius 3 is 1.40 bits per heavy atom. The predicted octanol–water partition coefficient (Wildman–Crippen LogP) is 3.42. The predicted molar refractivity (Wildman–Crippen MR) is 69.9 cm³/mol.